The van der Waals surface area contributed by atoms with Crippen molar-refractivity contribution in [2.75, 3.05) is 5.73 Å². The molecule has 0 fully saturated rings. The van der Waals surface area contributed by atoms with Crippen LogP contribution >= 0.6 is 0 Å². The fourth-order valence-electron chi connectivity index (χ4n) is 1.89. The van der Waals surface area contributed by atoms with E-state index >= 15 is 0 Å². The van der Waals surface area contributed by atoms with Gasteiger partial charge < -0.3 is 10.2 Å². The maximum Gasteiger partial charge on any atom is 0.201 e. The molecule has 1 aromatic heterocycles. The Hall–Kier alpha value is -2.88. The molecule has 3 rings (SSSR count). The second-order valence-corrected chi connectivity index (χ2v) is 4.37. The minimum Gasteiger partial charge on any atom is -0.463 e. The van der Waals surface area contributed by atoms with E-state index in [1.807, 2.05) is 6.07 Å². The van der Waals surface area contributed by atoms with Crippen LogP contribution in [0.15, 0.2) is 69.0 Å². The predicted octanol–water partition coefficient (Wildman–Crippen LogP) is 3.13. The average molecular weight is 264 g/mol. The van der Waals surface area contributed by atoms with E-state index < -0.39 is 0 Å². The van der Waals surface area contributed by atoms with Gasteiger partial charge in [-0.1, -0.05) is 12.1 Å². The minimum absolute atomic E-state index is 0.0916. The summed E-state index contributed by atoms with van der Waals surface area (Å²) in [7, 11) is 0. The molecular weight excluding hydrogens is 252 g/mol. The van der Waals surface area contributed by atoms with Gasteiger partial charge >= 0.3 is 0 Å². The molecule has 1 heterocycles. The largest absolute Gasteiger partial charge is 0.463 e. The Balaban J connectivity index is 2.01. The van der Waals surface area contributed by atoms with Crippen molar-refractivity contribution in [3.63, 3.8) is 0 Å². The predicted molar refractivity (Wildman–Crippen MR) is 80.6 cm³/mol. The number of hydrogen-bond donors (Lipinski definition) is 1. The molecule has 0 spiro atoms. The zero-order valence-electron chi connectivity index (χ0n) is 10.6. The van der Waals surface area contributed by atoms with E-state index in [0.29, 0.717) is 22.2 Å². The first-order valence-electron chi connectivity index (χ1n) is 6.14. The number of anilines is 1. The fraction of sp³-hybridized carbons (Fsp3) is 0. The van der Waals surface area contributed by atoms with E-state index in [0.717, 1.165) is 5.69 Å². The topological polar surface area (TPSA) is 68.6 Å². The summed E-state index contributed by atoms with van der Waals surface area (Å²) in [5.74, 6) is 0. The lowest BCUT2D eigenvalue weighted by atomic mass is 10.2. The van der Waals surface area contributed by atoms with Crippen LogP contribution in [0.3, 0.4) is 0 Å². The standard InChI is InChI=1S/C16H12N2O2/c17-12-5-7-13(8-6-12)18-9-11-10-20-15-4-2-1-3-14(15)16(11)19/h1-10H,17H2. The number of para-hydroxylation sites is 1. The number of fused-ring (bicyclic) bond motifs is 1. The number of rotatable bonds is 2. The van der Waals surface area contributed by atoms with Gasteiger partial charge in [0.05, 0.1) is 16.6 Å². The molecule has 4 nitrogen and oxygen atoms in total. The molecule has 0 bridgehead atoms. The summed E-state index contributed by atoms with van der Waals surface area (Å²) in [5, 5.41) is 0.550. The molecule has 98 valence electrons. The number of nitrogens with two attached hydrogens (primary N) is 1. The molecule has 0 aliphatic heterocycles. The summed E-state index contributed by atoms with van der Waals surface area (Å²) in [5.41, 5.74) is 7.90. The number of hydrogen-bond acceptors (Lipinski definition) is 4. The lowest BCUT2D eigenvalue weighted by molar-refractivity contribution is 0.601. The lowest BCUT2D eigenvalue weighted by Crippen LogP contribution is -2.07. The Morgan fingerprint density at radius 2 is 1.80 bits per heavy atom. The summed E-state index contributed by atoms with van der Waals surface area (Å²) in [4.78, 5) is 16.5. The highest BCUT2D eigenvalue weighted by Crippen LogP contribution is 2.14. The molecule has 2 N–H and O–H groups in total. The van der Waals surface area contributed by atoms with E-state index in [1.165, 1.54) is 12.5 Å². The van der Waals surface area contributed by atoms with Crippen molar-refractivity contribution in [3.8, 4) is 0 Å². The second kappa shape index (κ2) is 5.01. The van der Waals surface area contributed by atoms with Crippen molar-refractivity contribution in [1.29, 1.82) is 0 Å². The molecular formula is C16H12N2O2. The molecule has 3 aromatic rings. The van der Waals surface area contributed by atoms with E-state index in [2.05, 4.69) is 4.99 Å². The maximum atomic E-state index is 12.2. The molecule has 20 heavy (non-hydrogen) atoms. The molecule has 0 saturated carbocycles. The third-order valence-electron chi connectivity index (χ3n) is 2.95. The third-order valence-corrected chi connectivity index (χ3v) is 2.95. The molecule has 0 radical (unpaired) electrons. The van der Waals surface area contributed by atoms with Gasteiger partial charge in [0.1, 0.15) is 11.8 Å². The molecule has 0 atom stereocenters. The van der Waals surface area contributed by atoms with Crippen molar-refractivity contribution in [3.05, 3.63) is 70.6 Å². The van der Waals surface area contributed by atoms with Gasteiger partial charge in [0, 0.05) is 11.9 Å². The van der Waals surface area contributed by atoms with Gasteiger partial charge in [-0.3, -0.25) is 9.79 Å². The van der Waals surface area contributed by atoms with Crippen LogP contribution < -0.4 is 11.2 Å². The van der Waals surface area contributed by atoms with Crippen molar-refractivity contribution < 1.29 is 4.42 Å². The molecule has 0 amide bonds. The number of benzene rings is 2. The fourth-order valence-corrected chi connectivity index (χ4v) is 1.89. The van der Waals surface area contributed by atoms with Gasteiger partial charge in [-0.15, -0.1) is 0 Å². The van der Waals surface area contributed by atoms with Gasteiger partial charge in [0.25, 0.3) is 0 Å². The monoisotopic (exact) mass is 264 g/mol. The SMILES string of the molecule is Nc1ccc(N=Cc2coc3ccccc3c2=O)cc1. The van der Waals surface area contributed by atoms with Crippen molar-refractivity contribution in [1.82, 2.24) is 0 Å². The van der Waals surface area contributed by atoms with Gasteiger partial charge in [-0.2, -0.15) is 0 Å². The second-order valence-electron chi connectivity index (χ2n) is 4.37. The van der Waals surface area contributed by atoms with Crippen LogP contribution in [-0.4, -0.2) is 6.21 Å². The molecule has 0 aliphatic carbocycles. The maximum absolute atomic E-state index is 12.2. The Kier molecular flexibility index (Phi) is 3.05. The van der Waals surface area contributed by atoms with Crippen molar-refractivity contribution in [2.45, 2.75) is 0 Å². The zero-order valence-corrected chi connectivity index (χ0v) is 10.6. The van der Waals surface area contributed by atoms with E-state index in [4.69, 9.17) is 10.2 Å². The minimum atomic E-state index is -0.0916. The van der Waals surface area contributed by atoms with Crippen LogP contribution in [0.5, 0.6) is 0 Å². The van der Waals surface area contributed by atoms with Gasteiger partial charge in [-0.25, -0.2) is 0 Å². The normalized spacial score (nSPS) is 11.2. The Morgan fingerprint density at radius 1 is 1.05 bits per heavy atom. The van der Waals surface area contributed by atoms with Gasteiger partial charge in [0.2, 0.25) is 5.43 Å². The summed E-state index contributed by atoms with van der Waals surface area (Å²) in [6.07, 6.45) is 2.93. The first-order chi connectivity index (χ1) is 9.74. The quantitative estimate of drug-likeness (QED) is 0.571. The van der Waals surface area contributed by atoms with Gasteiger partial charge in [-0.05, 0) is 36.4 Å². The number of nitrogens with zero attached hydrogens (tertiary/aromatic N) is 1. The highest BCUT2D eigenvalue weighted by Gasteiger charge is 2.03. The first-order valence-corrected chi connectivity index (χ1v) is 6.14. The molecule has 0 aliphatic rings. The van der Waals surface area contributed by atoms with Gasteiger partial charge in [0.15, 0.2) is 0 Å². The third kappa shape index (κ3) is 2.31. The van der Waals surface area contributed by atoms with Crippen LogP contribution in [0.1, 0.15) is 5.56 Å². The molecule has 0 unspecified atom stereocenters. The summed E-state index contributed by atoms with van der Waals surface area (Å²) < 4.78 is 5.42. The highest BCUT2D eigenvalue weighted by molar-refractivity contribution is 5.87. The van der Waals surface area contributed by atoms with Crippen LogP contribution in [0.25, 0.3) is 11.0 Å². The smallest absolute Gasteiger partial charge is 0.201 e. The van der Waals surface area contributed by atoms with E-state index in [9.17, 15) is 4.79 Å². The summed E-state index contributed by atoms with van der Waals surface area (Å²) in [6.45, 7) is 0. The van der Waals surface area contributed by atoms with Crippen LogP contribution in [0, 0.1) is 0 Å². The van der Waals surface area contributed by atoms with Crippen LogP contribution in [-0.2, 0) is 0 Å². The van der Waals surface area contributed by atoms with Crippen LogP contribution in [0.4, 0.5) is 11.4 Å². The Morgan fingerprint density at radius 3 is 2.60 bits per heavy atom. The van der Waals surface area contributed by atoms with Crippen LogP contribution in [0.2, 0.25) is 0 Å². The average Bonchev–Trinajstić information content (AvgIpc) is 2.49. The van der Waals surface area contributed by atoms with Crippen molar-refractivity contribution in [2.24, 2.45) is 4.99 Å². The Labute approximate surface area is 115 Å². The Bertz CT molecular complexity index is 833. The summed E-state index contributed by atoms with van der Waals surface area (Å²) in [6, 6.07) is 14.2. The zero-order chi connectivity index (χ0) is 13.9. The summed E-state index contributed by atoms with van der Waals surface area (Å²) >= 11 is 0. The number of nitrogen functional groups attached to an aromatic ring is 1. The van der Waals surface area contributed by atoms with E-state index in [1.54, 1.807) is 42.5 Å². The van der Waals surface area contributed by atoms with E-state index in [-0.39, 0.29) is 5.43 Å². The highest BCUT2D eigenvalue weighted by atomic mass is 16.3. The number of aliphatic imine (C=N–C) groups is 1. The van der Waals surface area contributed by atoms with Crippen molar-refractivity contribution >= 4 is 28.6 Å². The first kappa shape index (κ1) is 12.2. The molecule has 0 saturated heterocycles. The lowest BCUT2D eigenvalue weighted by Gasteiger charge is -1.98. The molecule has 2 aromatic carbocycles. The molecule has 4 heteroatoms.